The molecule has 0 spiro atoms. The Kier molecular flexibility index (Phi) is 10.9. The van der Waals surface area contributed by atoms with Crippen molar-refractivity contribution >= 4 is 33.3 Å². The van der Waals surface area contributed by atoms with E-state index in [-0.39, 0.29) is 10.8 Å². The fourth-order valence-corrected chi connectivity index (χ4v) is 4.91. The van der Waals surface area contributed by atoms with Gasteiger partial charge in [-0.1, -0.05) is 12.1 Å². The maximum absolute atomic E-state index is 13.0. The SMILES string of the molecule is COCCNC(=O)c1cc(NS(=O)(=O)c2cc(C)ccc2C)ccc1N1CCNCC1.O=C(O)C(F)(F)F. The van der Waals surface area contributed by atoms with E-state index in [0.717, 1.165) is 37.4 Å². The average molecular weight is 561 g/mol. The van der Waals surface area contributed by atoms with Gasteiger partial charge in [0.1, 0.15) is 0 Å². The number of carboxylic acids is 1. The highest BCUT2D eigenvalue weighted by Gasteiger charge is 2.38. The first-order valence-electron chi connectivity index (χ1n) is 11.5. The van der Waals surface area contributed by atoms with Gasteiger partial charge in [0.2, 0.25) is 0 Å². The van der Waals surface area contributed by atoms with Crippen molar-refractivity contribution in [3.05, 3.63) is 53.1 Å². The quantitative estimate of drug-likeness (QED) is 0.362. The van der Waals surface area contributed by atoms with Gasteiger partial charge in [-0.15, -0.1) is 0 Å². The lowest BCUT2D eigenvalue weighted by Gasteiger charge is -2.31. The highest BCUT2D eigenvalue weighted by Crippen LogP contribution is 2.27. The van der Waals surface area contributed by atoms with Crippen LogP contribution in [0.25, 0.3) is 0 Å². The van der Waals surface area contributed by atoms with Gasteiger partial charge in [-0.05, 0) is 49.2 Å². The van der Waals surface area contributed by atoms with Gasteiger partial charge in [-0.2, -0.15) is 13.2 Å². The van der Waals surface area contributed by atoms with Crippen molar-refractivity contribution in [3.63, 3.8) is 0 Å². The molecular formula is C24H31F3N4O6S. The van der Waals surface area contributed by atoms with Gasteiger partial charge in [-0.25, -0.2) is 13.2 Å². The first-order valence-corrected chi connectivity index (χ1v) is 13.0. The zero-order chi connectivity index (χ0) is 28.5. The Balaban J connectivity index is 0.000000638. The van der Waals surface area contributed by atoms with Crippen molar-refractivity contribution < 1.29 is 41.0 Å². The second kappa shape index (κ2) is 13.4. The summed E-state index contributed by atoms with van der Waals surface area (Å²) in [6.45, 7) is 7.57. The van der Waals surface area contributed by atoms with Crippen LogP contribution in [0.1, 0.15) is 21.5 Å². The fourth-order valence-electron chi connectivity index (χ4n) is 3.53. The molecule has 1 saturated heterocycles. The molecule has 0 atom stereocenters. The lowest BCUT2D eigenvalue weighted by molar-refractivity contribution is -0.192. The molecule has 14 heteroatoms. The summed E-state index contributed by atoms with van der Waals surface area (Å²) >= 11 is 0. The van der Waals surface area contributed by atoms with Crippen LogP contribution in [0.15, 0.2) is 41.3 Å². The first-order chi connectivity index (χ1) is 17.8. The monoisotopic (exact) mass is 560 g/mol. The van der Waals surface area contributed by atoms with E-state index in [2.05, 4.69) is 20.3 Å². The molecule has 210 valence electrons. The van der Waals surface area contributed by atoms with Crippen LogP contribution in [0.5, 0.6) is 0 Å². The van der Waals surface area contributed by atoms with Gasteiger partial charge in [0.05, 0.1) is 17.1 Å². The maximum atomic E-state index is 13.0. The Morgan fingerprint density at radius 3 is 2.32 bits per heavy atom. The number of carbonyl (C=O) groups excluding carboxylic acids is 1. The van der Waals surface area contributed by atoms with Gasteiger partial charge in [0, 0.05) is 51.2 Å². The van der Waals surface area contributed by atoms with Gasteiger partial charge in [0.15, 0.2) is 0 Å². The molecule has 3 rings (SSSR count). The van der Waals surface area contributed by atoms with Crippen LogP contribution in [0.4, 0.5) is 24.5 Å². The second-order valence-electron chi connectivity index (χ2n) is 8.40. The summed E-state index contributed by atoms with van der Waals surface area (Å²) in [4.78, 5) is 24.1. The minimum absolute atomic E-state index is 0.227. The summed E-state index contributed by atoms with van der Waals surface area (Å²) in [5, 5.41) is 13.3. The van der Waals surface area contributed by atoms with Gasteiger partial charge >= 0.3 is 12.1 Å². The number of anilines is 2. The van der Waals surface area contributed by atoms with Crippen LogP contribution in [0.2, 0.25) is 0 Å². The number of hydrogen-bond donors (Lipinski definition) is 4. The summed E-state index contributed by atoms with van der Waals surface area (Å²) < 4.78 is 65.4. The topological polar surface area (TPSA) is 137 Å². The zero-order valence-electron chi connectivity index (χ0n) is 21.2. The minimum atomic E-state index is -5.08. The summed E-state index contributed by atoms with van der Waals surface area (Å²) in [7, 11) is -2.22. The predicted octanol–water partition coefficient (Wildman–Crippen LogP) is 2.52. The zero-order valence-corrected chi connectivity index (χ0v) is 22.0. The molecule has 1 heterocycles. The molecular weight excluding hydrogens is 529 g/mol. The fraction of sp³-hybridized carbons (Fsp3) is 0.417. The van der Waals surface area contributed by atoms with Crippen LogP contribution in [-0.4, -0.2) is 78.0 Å². The Bertz CT molecular complexity index is 1230. The first kappa shape index (κ1) is 30.9. The molecule has 0 radical (unpaired) electrons. The third-order valence-corrected chi connectivity index (χ3v) is 6.94. The number of nitrogens with zero attached hydrogens (tertiary/aromatic N) is 1. The molecule has 38 heavy (non-hydrogen) atoms. The van der Waals surface area contributed by atoms with Crippen LogP contribution < -0.4 is 20.3 Å². The smallest absolute Gasteiger partial charge is 0.475 e. The number of carbonyl (C=O) groups is 2. The summed E-state index contributed by atoms with van der Waals surface area (Å²) in [6, 6.07) is 10.4. The number of aryl methyl sites for hydroxylation is 2. The van der Waals surface area contributed by atoms with Crippen molar-refractivity contribution in [2.45, 2.75) is 24.9 Å². The van der Waals surface area contributed by atoms with Gasteiger partial charge in [0.25, 0.3) is 15.9 Å². The number of methoxy groups -OCH3 is 1. The van der Waals surface area contributed by atoms with E-state index in [0.29, 0.717) is 30.0 Å². The van der Waals surface area contributed by atoms with E-state index in [4.69, 9.17) is 14.6 Å². The third kappa shape index (κ3) is 8.89. The molecule has 0 saturated carbocycles. The van der Waals surface area contributed by atoms with Crippen molar-refractivity contribution in [3.8, 4) is 0 Å². The summed E-state index contributed by atoms with van der Waals surface area (Å²) in [6.07, 6.45) is -5.08. The molecule has 2 aromatic carbocycles. The number of nitrogens with one attached hydrogen (secondary N) is 3. The van der Waals surface area contributed by atoms with Crippen molar-refractivity contribution in [1.82, 2.24) is 10.6 Å². The molecule has 2 aromatic rings. The van der Waals surface area contributed by atoms with Crippen LogP contribution in [0.3, 0.4) is 0 Å². The van der Waals surface area contributed by atoms with E-state index in [1.165, 1.54) is 0 Å². The molecule has 1 fully saturated rings. The predicted molar refractivity (Wildman–Crippen MR) is 136 cm³/mol. The van der Waals surface area contributed by atoms with Crippen LogP contribution in [-0.2, 0) is 19.6 Å². The number of carboxylic acid groups (broad SMARTS) is 1. The number of alkyl halides is 3. The molecule has 4 N–H and O–H groups in total. The number of amides is 1. The highest BCUT2D eigenvalue weighted by atomic mass is 32.2. The lowest BCUT2D eigenvalue weighted by Crippen LogP contribution is -2.44. The average Bonchev–Trinajstić information content (AvgIpc) is 2.85. The molecule has 1 aliphatic rings. The Labute approximate surface area is 219 Å². The molecule has 1 aliphatic heterocycles. The third-order valence-electron chi connectivity index (χ3n) is 5.42. The number of sulfonamides is 1. The van der Waals surface area contributed by atoms with Crippen molar-refractivity contribution in [1.29, 1.82) is 0 Å². The van der Waals surface area contributed by atoms with E-state index in [1.807, 2.05) is 13.0 Å². The Morgan fingerprint density at radius 1 is 1.11 bits per heavy atom. The highest BCUT2D eigenvalue weighted by molar-refractivity contribution is 7.92. The molecule has 0 aromatic heterocycles. The normalized spacial score (nSPS) is 13.8. The number of aliphatic carboxylic acids is 1. The number of rotatable bonds is 8. The molecule has 0 unspecified atom stereocenters. The van der Waals surface area contributed by atoms with Gasteiger partial charge in [-0.3, -0.25) is 9.52 Å². The van der Waals surface area contributed by atoms with Crippen molar-refractivity contribution in [2.24, 2.45) is 0 Å². The van der Waals surface area contributed by atoms with E-state index < -0.39 is 22.2 Å². The van der Waals surface area contributed by atoms with E-state index >= 15 is 0 Å². The summed E-state index contributed by atoms with van der Waals surface area (Å²) in [5.74, 6) is -3.02. The minimum Gasteiger partial charge on any atom is -0.475 e. The molecule has 1 amide bonds. The Morgan fingerprint density at radius 2 is 1.74 bits per heavy atom. The molecule has 0 aliphatic carbocycles. The standard InChI is InChI=1S/C22H30N4O4S.C2HF3O2/c1-16-4-5-17(2)21(14-16)31(28,29)25-18-6-7-20(26-11-8-23-9-12-26)19(15-18)22(27)24-10-13-30-3;3-2(4,5)1(6)7/h4-7,14-15,23,25H,8-13H2,1-3H3,(H,24,27);(H,6,7). The number of ether oxygens (including phenoxy) is 1. The number of hydrogen-bond acceptors (Lipinski definition) is 7. The van der Waals surface area contributed by atoms with E-state index in [1.54, 1.807) is 44.4 Å². The maximum Gasteiger partial charge on any atom is 0.490 e. The molecule has 0 bridgehead atoms. The summed E-state index contributed by atoms with van der Waals surface area (Å²) in [5.41, 5.74) is 3.08. The number of benzene rings is 2. The number of piperazine rings is 1. The largest absolute Gasteiger partial charge is 0.490 e. The van der Waals surface area contributed by atoms with Crippen LogP contribution >= 0.6 is 0 Å². The molecule has 10 nitrogen and oxygen atoms in total. The Hall–Kier alpha value is -3.36. The van der Waals surface area contributed by atoms with Gasteiger partial charge < -0.3 is 25.4 Å². The van der Waals surface area contributed by atoms with Crippen LogP contribution in [0, 0.1) is 13.8 Å². The number of halogens is 3. The second-order valence-corrected chi connectivity index (χ2v) is 10.0. The van der Waals surface area contributed by atoms with E-state index in [9.17, 15) is 26.4 Å². The lowest BCUT2D eigenvalue weighted by atomic mass is 10.1. The van der Waals surface area contributed by atoms with Crippen molar-refractivity contribution in [2.75, 3.05) is 56.1 Å².